The van der Waals surface area contributed by atoms with Crippen molar-refractivity contribution in [3.8, 4) is 5.75 Å². The van der Waals surface area contributed by atoms with Crippen LogP contribution in [0.2, 0.25) is 0 Å². The maximum Gasteiger partial charge on any atom is 0.207 e. The van der Waals surface area contributed by atoms with Gasteiger partial charge in [-0.15, -0.1) is 0 Å². The van der Waals surface area contributed by atoms with Crippen LogP contribution in [0, 0.1) is 29.1 Å². The molecule has 1 N–H and O–H groups in total. The van der Waals surface area contributed by atoms with E-state index in [2.05, 4.69) is 4.74 Å². The van der Waals surface area contributed by atoms with Crippen molar-refractivity contribution in [1.29, 1.82) is 0 Å². The molecule has 0 heterocycles. The summed E-state index contributed by atoms with van der Waals surface area (Å²) in [6.45, 7) is 1.50. The van der Waals surface area contributed by atoms with Crippen LogP contribution in [0.5, 0.6) is 5.75 Å². The summed E-state index contributed by atoms with van der Waals surface area (Å²) < 4.78 is 69.7. The minimum absolute atomic E-state index is 0.326. The van der Waals surface area contributed by atoms with Gasteiger partial charge in [-0.25, -0.2) is 13.2 Å². The van der Waals surface area contributed by atoms with Gasteiger partial charge in [0, 0.05) is 6.54 Å². The summed E-state index contributed by atoms with van der Waals surface area (Å²) in [7, 11) is 1.51. The first kappa shape index (κ1) is 16.6. The first-order valence-electron chi connectivity index (χ1n) is 5.76. The van der Waals surface area contributed by atoms with Crippen molar-refractivity contribution in [3.63, 3.8) is 0 Å². The van der Waals surface area contributed by atoms with Gasteiger partial charge in [-0.3, -0.25) is 4.90 Å². The predicted molar refractivity (Wildman–Crippen MR) is 60.7 cm³/mol. The molecule has 0 aliphatic rings. The molecule has 20 heavy (non-hydrogen) atoms. The standard InChI is InChI=1S/C12H14F5NO2/c1-6(19)3-4-18(2)5-20-12-10(16)8(14)7(13)9(15)11(12)17/h6,19H,3-5H2,1-2H3. The second-order valence-corrected chi connectivity index (χ2v) is 4.39. The third-order valence-corrected chi connectivity index (χ3v) is 2.53. The Morgan fingerprint density at radius 1 is 1.00 bits per heavy atom. The van der Waals surface area contributed by atoms with Gasteiger partial charge in [-0.05, 0) is 20.4 Å². The largest absolute Gasteiger partial charge is 0.472 e. The maximum atomic E-state index is 13.3. The van der Waals surface area contributed by atoms with Crippen molar-refractivity contribution in [2.24, 2.45) is 0 Å². The summed E-state index contributed by atoms with van der Waals surface area (Å²) in [4.78, 5) is 1.42. The van der Waals surface area contributed by atoms with E-state index in [1.165, 1.54) is 11.9 Å². The molecule has 1 aromatic carbocycles. The number of hydrogen-bond acceptors (Lipinski definition) is 3. The van der Waals surface area contributed by atoms with Crippen LogP contribution in [0.15, 0.2) is 0 Å². The monoisotopic (exact) mass is 299 g/mol. The summed E-state index contributed by atoms with van der Waals surface area (Å²) in [6, 6.07) is 0. The molecule has 0 saturated heterocycles. The third-order valence-electron chi connectivity index (χ3n) is 2.53. The van der Waals surface area contributed by atoms with E-state index in [-0.39, 0.29) is 6.73 Å². The van der Waals surface area contributed by atoms with Crippen molar-refractivity contribution in [3.05, 3.63) is 29.1 Å². The summed E-state index contributed by atoms with van der Waals surface area (Å²) in [5, 5.41) is 9.05. The molecule has 0 aliphatic heterocycles. The fourth-order valence-electron chi connectivity index (χ4n) is 1.36. The molecule has 0 radical (unpaired) electrons. The Hall–Kier alpha value is -1.41. The average Bonchev–Trinajstić information content (AvgIpc) is 2.40. The number of benzene rings is 1. The van der Waals surface area contributed by atoms with Gasteiger partial charge in [-0.1, -0.05) is 0 Å². The third kappa shape index (κ3) is 3.80. The molecular weight excluding hydrogens is 285 g/mol. The molecule has 114 valence electrons. The Morgan fingerprint density at radius 2 is 1.45 bits per heavy atom. The number of ether oxygens (including phenoxy) is 1. The van der Waals surface area contributed by atoms with E-state index >= 15 is 0 Å². The quantitative estimate of drug-likeness (QED) is 0.379. The topological polar surface area (TPSA) is 32.7 Å². The van der Waals surface area contributed by atoms with E-state index < -0.39 is 40.9 Å². The van der Waals surface area contributed by atoms with Crippen LogP contribution in [0.3, 0.4) is 0 Å². The van der Waals surface area contributed by atoms with Crippen molar-refractivity contribution < 1.29 is 31.8 Å². The van der Waals surface area contributed by atoms with Crippen molar-refractivity contribution >= 4 is 0 Å². The number of hydrogen-bond donors (Lipinski definition) is 1. The highest BCUT2D eigenvalue weighted by atomic mass is 19.2. The van der Waals surface area contributed by atoms with E-state index in [1.54, 1.807) is 6.92 Å². The zero-order valence-corrected chi connectivity index (χ0v) is 10.9. The molecule has 0 saturated carbocycles. The van der Waals surface area contributed by atoms with Gasteiger partial charge in [0.25, 0.3) is 0 Å². The van der Waals surface area contributed by atoms with E-state index in [4.69, 9.17) is 5.11 Å². The van der Waals surface area contributed by atoms with Crippen LogP contribution in [0.4, 0.5) is 22.0 Å². The maximum absolute atomic E-state index is 13.3. The first-order chi connectivity index (χ1) is 9.25. The normalized spacial score (nSPS) is 12.8. The van der Waals surface area contributed by atoms with Crippen molar-refractivity contribution in [1.82, 2.24) is 4.90 Å². The molecule has 0 bridgehead atoms. The van der Waals surface area contributed by atoms with E-state index in [0.717, 1.165) is 0 Å². The molecule has 8 heteroatoms. The smallest absolute Gasteiger partial charge is 0.207 e. The van der Waals surface area contributed by atoms with Gasteiger partial charge in [0.2, 0.25) is 29.1 Å². The molecule has 3 nitrogen and oxygen atoms in total. The Labute approximate surface area is 112 Å². The van der Waals surface area contributed by atoms with Gasteiger partial charge in [-0.2, -0.15) is 8.78 Å². The minimum atomic E-state index is -2.23. The van der Waals surface area contributed by atoms with Gasteiger partial charge in [0.05, 0.1) is 6.10 Å². The Morgan fingerprint density at radius 3 is 1.90 bits per heavy atom. The molecular formula is C12H14F5NO2. The van der Waals surface area contributed by atoms with Gasteiger partial charge >= 0.3 is 0 Å². The van der Waals surface area contributed by atoms with Crippen molar-refractivity contribution in [2.45, 2.75) is 19.4 Å². The van der Waals surface area contributed by atoms with E-state index in [0.29, 0.717) is 13.0 Å². The average molecular weight is 299 g/mol. The SMILES string of the molecule is CC(O)CCN(C)COc1c(F)c(F)c(F)c(F)c1F. The summed E-state index contributed by atoms with van der Waals surface area (Å²) in [5.41, 5.74) is 0. The second kappa shape index (κ2) is 6.85. The lowest BCUT2D eigenvalue weighted by molar-refractivity contribution is 0.112. The molecule has 0 fully saturated rings. The van der Waals surface area contributed by atoms with Crippen molar-refractivity contribution in [2.75, 3.05) is 20.3 Å². The lowest BCUT2D eigenvalue weighted by Crippen LogP contribution is -2.27. The molecule has 0 amide bonds. The molecule has 1 rings (SSSR count). The second-order valence-electron chi connectivity index (χ2n) is 4.39. The number of halogens is 5. The number of aliphatic hydroxyl groups excluding tert-OH is 1. The molecule has 1 atom stereocenters. The molecule has 0 aliphatic carbocycles. The lowest BCUT2D eigenvalue weighted by atomic mass is 10.2. The first-order valence-corrected chi connectivity index (χ1v) is 5.76. The zero-order valence-electron chi connectivity index (χ0n) is 10.9. The predicted octanol–water partition coefficient (Wildman–Crippen LogP) is 2.42. The Kier molecular flexibility index (Phi) is 5.70. The molecule has 0 aromatic heterocycles. The minimum Gasteiger partial charge on any atom is -0.472 e. The van der Waals surface area contributed by atoms with Gasteiger partial charge < -0.3 is 9.84 Å². The van der Waals surface area contributed by atoms with Crippen LogP contribution in [-0.2, 0) is 0 Å². The van der Waals surface area contributed by atoms with Gasteiger partial charge in [0.15, 0.2) is 5.75 Å². The Bertz CT molecular complexity index is 452. The number of aliphatic hydroxyl groups is 1. The van der Waals surface area contributed by atoms with E-state index in [9.17, 15) is 22.0 Å². The zero-order chi connectivity index (χ0) is 15.4. The number of nitrogens with zero attached hydrogens (tertiary/aromatic N) is 1. The van der Waals surface area contributed by atoms with Crippen LogP contribution in [0.1, 0.15) is 13.3 Å². The molecule has 1 unspecified atom stereocenters. The highest BCUT2D eigenvalue weighted by Crippen LogP contribution is 2.29. The lowest BCUT2D eigenvalue weighted by Gasteiger charge is -2.18. The van der Waals surface area contributed by atoms with Crippen LogP contribution >= 0.6 is 0 Å². The highest BCUT2D eigenvalue weighted by molar-refractivity contribution is 5.29. The van der Waals surface area contributed by atoms with Crippen LogP contribution in [0.25, 0.3) is 0 Å². The fourth-order valence-corrected chi connectivity index (χ4v) is 1.36. The summed E-state index contributed by atoms with van der Waals surface area (Å²) in [6.07, 6.45) is -0.205. The summed E-state index contributed by atoms with van der Waals surface area (Å²) >= 11 is 0. The number of rotatable bonds is 6. The van der Waals surface area contributed by atoms with Crippen LogP contribution in [-0.4, -0.2) is 36.4 Å². The van der Waals surface area contributed by atoms with Gasteiger partial charge in [0.1, 0.15) is 6.73 Å². The highest BCUT2D eigenvalue weighted by Gasteiger charge is 2.27. The molecule has 0 spiro atoms. The van der Waals surface area contributed by atoms with Crippen LogP contribution < -0.4 is 4.74 Å². The van der Waals surface area contributed by atoms with E-state index in [1.807, 2.05) is 0 Å². The fraction of sp³-hybridized carbons (Fsp3) is 0.500. The molecule has 1 aromatic rings. The summed E-state index contributed by atoms with van der Waals surface area (Å²) in [5.74, 6) is -11.7. The Balaban J connectivity index is 2.78.